The molecule has 2 rings (SSSR count). The monoisotopic (exact) mass is 281 g/mol. The standard InChI is InChI=1S/C14H14F3N3/c1-2-18-13(10-7-8-19-20-9-10)11-5-3-4-6-12(11)14(15,16)17/h3-9,13,18H,2H2,1H3. The molecule has 0 saturated carbocycles. The van der Waals surface area contributed by atoms with Gasteiger partial charge in [-0.1, -0.05) is 25.1 Å². The number of nitrogens with one attached hydrogen (secondary N) is 1. The zero-order valence-electron chi connectivity index (χ0n) is 10.9. The van der Waals surface area contributed by atoms with Crippen molar-refractivity contribution in [1.29, 1.82) is 0 Å². The molecule has 0 saturated heterocycles. The number of alkyl halides is 3. The van der Waals surface area contributed by atoms with Gasteiger partial charge in [-0.3, -0.25) is 0 Å². The van der Waals surface area contributed by atoms with Crippen molar-refractivity contribution in [3.63, 3.8) is 0 Å². The molecule has 1 heterocycles. The van der Waals surface area contributed by atoms with E-state index in [1.165, 1.54) is 24.5 Å². The lowest BCUT2D eigenvalue weighted by Crippen LogP contribution is -2.25. The van der Waals surface area contributed by atoms with Crippen LogP contribution in [0.4, 0.5) is 13.2 Å². The minimum absolute atomic E-state index is 0.190. The SMILES string of the molecule is CCNC(c1ccnnc1)c1ccccc1C(F)(F)F. The van der Waals surface area contributed by atoms with Crippen LogP contribution in [-0.2, 0) is 6.18 Å². The first-order valence-electron chi connectivity index (χ1n) is 6.20. The molecule has 0 bridgehead atoms. The maximum atomic E-state index is 13.1. The predicted octanol–water partition coefficient (Wildman–Crippen LogP) is 3.19. The van der Waals surface area contributed by atoms with Crippen LogP contribution < -0.4 is 5.32 Å². The third kappa shape index (κ3) is 3.14. The fraction of sp³-hybridized carbons (Fsp3) is 0.286. The highest BCUT2D eigenvalue weighted by Gasteiger charge is 2.35. The van der Waals surface area contributed by atoms with E-state index in [1.807, 2.05) is 6.92 Å². The van der Waals surface area contributed by atoms with Gasteiger partial charge in [-0.2, -0.15) is 23.4 Å². The van der Waals surface area contributed by atoms with Crippen LogP contribution in [0.25, 0.3) is 0 Å². The zero-order valence-corrected chi connectivity index (χ0v) is 10.9. The zero-order chi connectivity index (χ0) is 14.6. The summed E-state index contributed by atoms with van der Waals surface area (Å²) in [5.41, 5.74) is 0.205. The van der Waals surface area contributed by atoms with Crippen LogP contribution in [0.1, 0.15) is 29.7 Å². The van der Waals surface area contributed by atoms with Crippen molar-refractivity contribution in [2.45, 2.75) is 19.1 Å². The second kappa shape index (κ2) is 6.00. The first-order valence-corrected chi connectivity index (χ1v) is 6.20. The van der Waals surface area contributed by atoms with E-state index in [2.05, 4.69) is 15.5 Å². The fourth-order valence-electron chi connectivity index (χ4n) is 2.09. The summed E-state index contributed by atoms with van der Waals surface area (Å²) < 4.78 is 39.3. The van der Waals surface area contributed by atoms with Gasteiger partial charge in [0.25, 0.3) is 0 Å². The average Bonchev–Trinajstić information content (AvgIpc) is 2.45. The lowest BCUT2D eigenvalue weighted by atomic mass is 9.95. The van der Waals surface area contributed by atoms with Gasteiger partial charge in [0.1, 0.15) is 0 Å². The molecule has 1 aromatic heterocycles. The largest absolute Gasteiger partial charge is 0.416 e. The van der Waals surface area contributed by atoms with Crippen LogP contribution in [0.5, 0.6) is 0 Å². The molecule has 0 radical (unpaired) electrons. The van der Waals surface area contributed by atoms with Crippen LogP contribution >= 0.6 is 0 Å². The average molecular weight is 281 g/mol. The molecule has 106 valence electrons. The quantitative estimate of drug-likeness (QED) is 0.935. The molecule has 0 aliphatic carbocycles. The molecular weight excluding hydrogens is 267 g/mol. The number of nitrogens with zero attached hydrogens (tertiary/aromatic N) is 2. The topological polar surface area (TPSA) is 37.8 Å². The Bertz CT molecular complexity index is 555. The van der Waals surface area contributed by atoms with E-state index in [9.17, 15) is 13.2 Å². The van der Waals surface area contributed by atoms with Gasteiger partial charge in [-0.05, 0) is 29.8 Å². The van der Waals surface area contributed by atoms with Crippen LogP contribution in [0.2, 0.25) is 0 Å². The molecule has 1 aromatic carbocycles. The molecule has 20 heavy (non-hydrogen) atoms. The second-order valence-corrected chi connectivity index (χ2v) is 4.25. The van der Waals surface area contributed by atoms with Gasteiger partial charge in [0.05, 0.1) is 17.8 Å². The lowest BCUT2D eigenvalue weighted by Gasteiger charge is -2.22. The van der Waals surface area contributed by atoms with Crippen molar-refractivity contribution in [1.82, 2.24) is 15.5 Å². The van der Waals surface area contributed by atoms with Gasteiger partial charge < -0.3 is 5.32 Å². The lowest BCUT2D eigenvalue weighted by molar-refractivity contribution is -0.138. The summed E-state index contributed by atoms with van der Waals surface area (Å²) in [6.45, 7) is 2.39. The summed E-state index contributed by atoms with van der Waals surface area (Å²) in [5.74, 6) is 0. The number of rotatable bonds is 4. The molecule has 0 fully saturated rings. The maximum Gasteiger partial charge on any atom is 0.416 e. The molecule has 3 nitrogen and oxygen atoms in total. The predicted molar refractivity (Wildman–Crippen MR) is 69.0 cm³/mol. The van der Waals surface area contributed by atoms with Gasteiger partial charge in [0.2, 0.25) is 0 Å². The molecule has 0 aliphatic heterocycles. The summed E-state index contributed by atoms with van der Waals surface area (Å²) >= 11 is 0. The van der Waals surface area contributed by atoms with Crippen LogP contribution in [-0.4, -0.2) is 16.7 Å². The van der Waals surface area contributed by atoms with Crippen LogP contribution in [0.15, 0.2) is 42.7 Å². The van der Waals surface area contributed by atoms with E-state index < -0.39 is 17.8 Å². The van der Waals surface area contributed by atoms with Gasteiger partial charge in [0, 0.05) is 6.20 Å². The summed E-state index contributed by atoms with van der Waals surface area (Å²) in [5, 5.41) is 10.4. The van der Waals surface area contributed by atoms with Crippen molar-refractivity contribution in [3.8, 4) is 0 Å². The van der Waals surface area contributed by atoms with E-state index >= 15 is 0 Å². The summed E-state index contributed by atoms with van der Waals surface area (Å²) in [7, 11) is 0. The van der Waals surface area contributed by atoms with E-state index in [4.69, 9.17) is 0 Å². The first kappa shape index (κ1) is 14.5. The van der Waals surface area contributed by atoms with Crippen molar-refractivity contribution in [2.24, 2.45) is 0 Å². The molecular formula is C14H14F3N3. The van der Waals surface area contributed by atoms with Crippen molar-refractivity contribution in [3.05, 3.63) is 59.4 Å². The third-order valence-corrected chi connectivity index (χ3v) is 2.93. The Morgan fingerprint density at radius 3 is 2.50 bits per heavy atom. The molecule has 0 amide bonds. The second-order valence-electron chi connectivity index (χ2n) is 4.25. The Balaban J connectivity index is 2.51. The number of aromatic nitrogens is 2. The van der Waals surface area contributed by atoms with E-state index in [-0.39, 0.29) is 5.56 Å². The van der Waals surface area contributed by atoms with Crippen molar-refractivity contribution < 1.29 is 13.2 Å². The highest BCUT2D eigenvalue weighted by atomic mass is 19.4. The number of hydrogen-bond donors (Lipinski definition) is 1. The van der Waals surface area contributed by atoms with Gasteiger partial charge in [-0.15, -0.1) is 0 Å². The Kier molecular flexibility index (Phi) is 4.34. The summed E-state index contributed by atoms with van der Waals surface area (Å²) in [6.07, 6.45) is -1.44. The smallest absolute Gasteiger partial charge is 0.306 e. The number of halogens is 3. The highest BCUT2D eigenvalue weighted by molar-refractivity contribution is 5.37. The van der Waals surface area contributed by atoms with E-state index in [1.54, 1.807) is 12.1 Å². The van der Waals surface area contributed by atoms with Gasteiger partial charge >= 0.3 is 6.18 Å². The van der Waals surface area contributed by atoms with Gasteiger partial charge in [0.15, 0.2) is 0 Å². The highest BCUT2D eigenvalue weighted by Crippen LogP contribution is 2.36. The number of hydrogen-bond acceptors (Lipinski definition) is 3. The third-order valence-electron chi connectivity index (χ3n) is 2.93. The minimum atomic E-state index is -4.38. The van der Waals surface area contributed by atoms with E-state index in [0.29, 0.717) is 12.1 Å². The van der Waals surface area contributed by atoms with Crippen molar-refractivity contribution >= 4 is 0 Å². The van der Waals surface area contributed by atoms with Crippen LogP contribution in [0, 0.1) is 0 Å². The minimum Gasteiger partial charge on any atom is -0.306 e. The van der Waals surface area contributed by atoms with Gasteiger partial charge in [-0.25, -0.2) is 0 Å². The van der Waals surface area contributed by atoms with Crippen LogP contribution in [0.3, 0.4) is 0 Å². The first-order chi connectivity index (χ1) is 9.54. The fourth-order valence-corrected chi connectivity index (χ4v) is 2.09. The molecule has 6 heteroatoms. The molecule has 2 aromatic rings. The molecule has 0 aliphatic rings. The Morgan fingerprint density at radius 1 is 1.15 bits per heavy atom. The molecule has 1 N–H and O–H groups in total. The molecule has 0 spiro atoms. The Morgan fingerprint density at radius 2 is 1.90 bits per heavy atom. The summed E-state index contributed by atoms with van der Waals surface area (Å²) in [6, 6.07) is 6.66. The summed E-state index contributed by atoms with van der Waals surface area (Å²) in [4.78, 5) is 0. The molecule has 1 unspecified atom stereocenters. The number of benzene rings is 1. The van der Waals surface area contributed by atoms with E-state index in [0.717, 1.165) is 6.07 Å². The maximum absolute atomic E-state index is 13.1. The Hall–Kier alpha value is -1.95. The Labute approximate surface area is 114 Å². The molecule has 1 atom stereocenters. The van der Waals surface area contributed by atoms with Crippen molar-refractivity contribution in [2.75, 3.05) is 6.54 Å². The normalized spacial score (nSPS) is 13.2.